The smallest absolute Gasteiger partial charge is 0.00830 e. The first kappa shape index (κ1) is 8.61. The summed E-state index contributed by atoms with van der Waals surface area (Å²) in [6.45, 7) is 0. The second-order valence-electron chi connectivity index (χ2n) is 1.28. The summed E-state index contributed by atoms with van der Waals surface area (Å²) in [5.74, 6) is 0. The predicted molar refractivity (Wildman–Crippen MR) is 48.1 cm³/mol. The van der Waals surface area contributed by atoms with Crippen molar-refractivity contribution in [1.82, 2.24) is 0 Å². The fourth-order valence-electron chi connectivity index (χ4n) is 0.429. The van der Waals surface area contributed by atoms with Gasteiger partial charge in [-0.15, -0.1) is 37.6 Å². The molecular weight excluding hydrogens is 203 g/mol. The molecule has 1 aromatic rings. The van der Waals surface area contributed by atoms with Crippen LogP contribution in [0.1, 0.15) is 4.88 Å². The number of halogens is 1. The lowest BCUT2D eigenvalue weighted by atomic mass is 10.5. The third-order valence-electron chi connectivity index (χ3n) is 0.781. The minimum absolute atomic E-state index is 0. The van der Waals surface area contributed by atoms with Gasteiger partial charge in [0.2, 0.25) is 0 Å². The van der Waals surface area contributed by atoms with Crippen LogP contribution in [0.15, 0.2) is 17.5 Å². The highest BCUT2D eigenvalue weighted by Gasteiger charge is 1.82. The minimum atomic E-state index is 0. The van der Waals surface area contributed by atoms with Gasteiger partial charge in [-0.05, 0) is 17.6 Å². The molecule has 0 radical (unpaired) electrons. The maximum absolute atomic E-state index is 2.69. The molecule has 1 rings (SSSR count). The predicted octanol–water partition coefficient (Wildman–Crippen LogP) is 2.70. The van der Waals surface area contributed by atoms with Gasteiger partial charge in [-0.3, -0.25) is 0 Å². The molecular formula is C5H8BrPS. The zero-order chi connectivity index (χ0) is 5.11. The summed E-state index contributed by atoms with van der Waals surface area (Å²) in [7, 11) is 2.69. The van der Waals surface area contributed by atoms with Gasteiger partial charge in [0, 0.05) is 4.88 Å². The van der Waals surface area contributed by atoms with Crippen molar-refractivity contribution >= 4 is 37.6 Å². The van der Waals surface area contributed by atoms with E-state index in [1.165, 1.54) is 4.88 Å². The largest absolute Gasteiger partial charge is 0.149 e. The molecule has 0 amide bonds. The van der Waals surface area contributed by atoms with E-state index in [0.717, 1.165) is 6.16 Å². The molecule has 3 heteroatoms. The molecule has 0 aliphatic heterocycles. The maximum atomic E-state index is 2.69. The Morgan fingerprint density at radius 2 is 2.38 bits per heavy atom. The van der Waals surface area contributed by atoms with Crippen molar-refractivity contribution in [3.05, 3.63) is 22.4 Å². The lowest BCUT2D eigenvalue weighted by Crippen LogP contribution is -1.57. The van der Waals surface area contributed by atoms with Crippen LogP contribution in [0.2, 0.25) is 0 Å². The molecule has 0 aromatic carbocycles. The van der Waals surface area contributed by atoms with Crippen LogP contribution in [0.25, 0.3) is 0 Å². The highest BCUT2D eigenvalue weighted by molar-refractivity contribution is 8.93. The van der Waals surface area contributed by atoms with Gasteiger partial charge in [-0.1, -0.05) is 6.07 Å². The lowest BCUT2D eigenvalue weighted by molar-refractivity contribution is 1.56. The Morgan fingerprint density at radius 3 is 2.62 bits per heavy atom. The topological polar surface area (TPSA) is 0 Å². The van der Waals surface area contributed by atoms with Gasteiger partial charge < -0.3 is 0 Å². The molecule has 0 saturated carbocycles. The van der Waals surface area contributed by atoms with Gasteiger partial charge in [-0.25, -0.2) is 0 Å². The van der Waals surface area contributed by atoms with Gasteiger partial charge in [0.15, 0.2) is 0 Å². The van der Waals surface area contributed by atoms with E-state index < -0.39 is 0 Å². The Bertz CT molecular complexity index is 127. The molecule has 8 heavy (non-hydrogen) atoms. The van der Waals surface area contributed by atoms with Crippen LogP contribution >= 0.6 is 37.6 Å². The van der Waals surface area contributed by atoms with E-state index in [-0.39, 0.29) is 17.0 Å². The summed E-state index contributed by atoms with van der Waals surface area (Å²) in [6, 6.07) is 4.21. The highest BCUT2D eigenvalue weighted by Crippen LogP contribution is 2.11. The quantitative estimate of drug-likeness (QED) is 0.626. The number of hydrogen-bond donors (Lipinski definition) is 0. The van der Waals surface area contributed by atoms with E-state index in [1.54, 1.807) is 11.3 Å². The lowest BCUT2D eigenvalue weighted by Gasteiger charge is -1.78. The molecule has 0 N–H and O–H groups in total. The zero-order valence-corrected chi connectivity index (χ0v) is 8.02. The van der Waals surface area contributed by atoms with E-state index in [2.05, 4.69) is 26.8 Å². The standard InChI is InChI=1S/C5H7PS.BrH/c6-4-5-2-1-3-7-5;/h1-3H,4,6H2;1H. The van der Waals surface area contributed by atoms with Crippen molar-refractivity contribution in [2.45, 2.75) is 6.16 Å². The van der Waals surface area contributed by atoms with Gasteiger partial charge in [0.1, 0.15) is 0 Å². The first-order valence-corrected chi connectivity index (χ1v) is 3.85. The summed E-state index contributed by atoms with van der Waals surface area (Å²) in [6.07, 6.45) is 1.09. The van der Waals surface area contributed by atoms with E-state index in [9.17, 15) is 0 Å². The van der Waals surface area contributed by atoms with Crippen LogP contribution in [-0.2, 0) is 6.16 Å². The fraction of sp³-hybridized carbons (Fsp3) is 0.200. The van der Waals surface area contributed by atoms with E-state index >= 15 is 0 Å². The van der Waals surface area contributed by atoms with Gasteiger partial charge in [-0.2, -0.15) is 0 Å². The van der Waals surface area contributed by atoms with Crippen LogP contribution < -0.4 is 0 Å². The van der Waals surface area contributed by atoms with Crippen molar-refractivity contribution in [1.29, 1.82) is 0 Å². The average Bonchev–Trinajstić information content (AvgIpc) is 2.14. The monoisotopic (exact) mass is 210 g/mol. The minimum Gasteiger partial charge on any atom is -0.149 e. The summed E-state index contributed by atoms with van der Waals surface area (Å²) in [5, 5.41) is 2.10. The molecule has 1 atom stereocenters. The van der Waals surface area contributed by atoms with E-state index in [0.29, 0.717) is 0 Å². The van der Waals surface area contributed by atoms with Crippen molar-refractivity contribution in [2.75, 3.05) is 0 Å². The Morgan fingerprint density at radius 1 is 1.62 bits per heavy atom. The molecule has 1 heterocycles. The van der Waals surface area contributed by atoms with Gasteiger partial charge in [0.05, 0.1) is 0 Å². The second kappa shape index (κ2) is 4.49. The molecule has 0 nitrogen and oxygen atoms in total. The third-order valence-corrected chi connectivity index (χ3v) is 2.42. The van der Waals surface area contributed by atoms with Crippen LogP contribution in [0.5, 0.6) is 0 Å². The first-order valence-electron chi connectivity index (χ1n) is 2.16. The molecule has 1 aromatic heterocycles. The van der Waals surface area contributed by atoms with Crippen LogP contribution in [-0.4, -0.2) is 0 Å². The third kappa shape index (κ3) is 2.25. The van der Waals surface area contributed by atoms with Crippen LogP contribution in [0.4, 0.5) is 0 Å². The molecule has 0 fully saturated rings. The zero-order valence-electron chi connectivity index (χ0n) is 4.33. The fourth-order valence-corrected chi connectivity index (χ4v) is 1.44. The SMILES string of the molecule is Br.PCc1cccs1. The number of hydrogen-bond acceptors (Lipinski definition) is 1. The van der Waals surface area contributed by atoms with E-state index in [4.69, 9.17) is 0 Å². The Labute approximate surface area is 66.3 Å². The second-order valence-corrected chi connectivity index (χ2v) is 2.72. The Kier molecular flexibility index (Phi) is 4.83. The van der Waals surface area contributed by atoms with Gasteiger partial charge in [0.25, 0.3) is 0 Å². The molecule has 46 valence electrons. The molecule has 0 saturated heterocycles. The average molecular weight is 211 g/mol. The molecule has 0 aliphatic carbocycles. The van der Waals surface area contributed by atoms with Crippen molar-refractivity contribution in [2.24, 2.45) is 0 Å². The first-order chi connectivity index (χ1) is 3.43. The summed E-state index contributed by atoms with van der Waals surface area (Å²) < 4.78 is 0. The number of rotatable bonds is 1. The Hall–Kier alpha value is 0.610. The van der Waals surface area contributed by atoms with Crippen molar-refractivity contribution in [3.8, 4) is 0 Å². The van der Waals surface area contributed by atoms with Crippen LogP contribution in [0, 0.1) is 0 Å². The molecule has 1 unspecified atom stereocenters. The summed E-state index contributed by atoms with van der Waals surface area (Å²) >= 11 is 1.80. The maximum Gasteiger partial charge on any atom is 0.00830 e. The van der Waals surface area contributed by atoms with Crippen molar-refractivity contribution < 1.29 is 0 Å². The van der Waals surface area contributed by atoms with Gasteiger partial charge >= 0.3 is 0 Å². The highest BCUT2D eigenvalue weighted by atomic mass is 79.9. The molecule has 0 spiro atoms. The van der Waals surface area contributed by atoms with Crippen LogP contribution in [0.3, 0.4) is 0 Å². The summed E-state index contributed by atoms with van der Waals surface area (Å²) in [4.78, 5) is 1.44. The van der Waals surface area contributed by atoms with E-state index in [1.807, 2.05) is 0 Å². The molecule has 0 bridgehead atoms. The Balaban J connectivity index is 0.000000490. The normalized spacial score (nSPS) is 8.12. The summed E-state index contributed by atoms with van der Waals surface area (Å²) in [5.41, 5.74) is 0. The molecule has 0 aliphatic rings. The van der Waals surface area contributed by atoms with Crippen molar-refractivity contribution in [3.63, 3.8) is 0 Å². The number of thiophene rings is 1.